The molecule has 2 aromatic heterocycles. The van der Waals surface area contributed by atoms with Gasteiger partial charge in [-0.05, 0) is 13.3 Å². The van der Waals surface area contributed by atoms with E-state index in [2.05, 4.69) is 15.0 Å². The van der Waals surface area contributed by atoms with Crippen LogP contribution in [0.15, 0.2) is 17.9 Å². The van der Waals surface area contributed by atoms with Gasteiger partial charge in [0.05, 0.1) is 28.3 Å². The van der Waals surface area contributed by atoms with Crippen molar-refractivity contribution >= 4 is 17.3 Å². The highest BCUT2D eigenvalue weighted by molar-refractivity contribution is 7.13. The highest BCUT2D eigenvalue weighted by atomic mass is 32.1. The van der Waals surface area contributed by atoms with Crippen LogP contribution in [0.1, 0.15) is 36.3 Å². The van der Waals surface area contributed by atoms with E-state index in [0.29, 0.717) is 18.0 Å². The zero-order chi connectivity index (χ0) is 13.7. The Bertz CT molecular complexity index is 555. The molecule has 19 heavy (non-hydrogen) atoms. The van der Waals surface area contributed by atoms with E-state index in [1.54, 1.807) is 24.8 Å². The van der Waals surface area contributed by atoms with Crippen molar-refractivity contribution in [1.82, 2.24) is 15.0 Å². The topological polar surface area (TPSA) is 65.0 Å². The van der Waals surface area contributed by atoms with E-state index in [4.69, 9.17) is 4.74 Å². The van der Waals surface area contributed by atoms with E-state index >= 15 is 0 Å². The smallest absolute Gasteiger partial charge is 0.341 e. The first-order chi connectivity index (χ1) is 9.26. The van der Waals surface area contributed by atoms with Crippen LogP contribution in [-0.4, -0.2) is 27.5 Å². The van der Waals surface area contributed by atoms with E-state index < -0.39 is 0 Å². The third-order valence-electron chi connectivity index (χ3n) is 2.50. The summed E-state index contributed by atoms with van der Waals surface area (Å²) in [5.74, 6) is 0.251. The molecule has 0 spiro atoms. The third kappa shape index (κ3) is 3.14. The molecule has 0 fully saturated rings. The maximum atomic E-state index is 11.8. The lowest BCUT2D eigenvalue weighted by molar-refractivity contribution is 0.0524. The molecule has 0 amide bonds. The predicted molar refractivity (Wildman–Crippen MR) is 73.1 cm³/mol. The van der Waals surface area contributed by atoms with Crippen LogP contribution < -0.4 is 0 Å². The molecular formula is C13H15N3O2S. The number of rotatable bonds is 5. The molecular weight excluding hydrogens is 262 g/mol. The summed E-state index contributed by atoms with van der Waals surface area (Å²) in [6.07, 6.45) is 4.90. The second-order valence-electron chi connectivity index (χ2n) is 3.89. The lowest BCUT2D eigenvalue weighted by Crippen LogP contribution is -2.11. The molecule has 0 radical (unpaired) electrons. The van der Waals surface area contributed by atoms with E-state index in [1.165, 1.54) is 11.3 Å². The number of nitrogens with zero attached hydrogens (tertiary/aromatic N) is 3. The molecule has 0 N–H and O–H groups in total. The van der Waals surface area contributed by atoms with Gasteiger partial charge in [-0.25, -0.2) is 14.8 Å². The van der Waals surface area contributed by atoms with Crippen molar-refractivity contribution in [1.29, 1.82) is 0 Å². The average Bonchev–Trinajstić information content (AvgIpc) is 2.93. The number of thiazole rings is 1. The normalized spacial score (nSPS) is 10.4. The standard InChI is InChI=1S/C13H15N3O2S/c1-3-5-10-9(13(17)18-4-2)6-15-12(16-10)11-7-14-8-19-11/h6-8H,3-5H2,1-2H3. The second kappa shape index (κ2) is 6.38. The molecule has 0 saturated carbocycles. The van der Waals surface area contributed by atoms with Crippen molar-refractivity contribution in [2.75, 3.05) is 6.61 Å². The van der Waals surface area contributed by atoms with Gasteiger partial charge in [-0.2, -0.15) is 0 Å². The Morgan fingerprint density at radius 3 is 2.84 bits per heavy atom. The molecule has 0 aromatic carbocycles. The Morgan fingerprint density at radius 2 is 2.21 bits per heavy atom. The molecule has 100 valence electrons. The first kappa shape index (κ1) is 13.6. The van der Waals surface area contributed by atoms with Crippen molar-refractivity contribution in [3.8, 4) is 10.7 Å². The van der Waals surface area contributed by atoms with E-state index in [-0.39, 0.29) is 5.97 Å². The molecule has 2 aromatic rings. The Hall–Kier alpha value is -1.82. The lowest BCUT2D eigenvalue weighted by atomic mass is 10.1. The van der Waals surface area contributed by atoms with Crippen LogP contribution in [0.3, 0.4) is 0 Å². The van der Waals surface area contributed by atoms with Gasteiger partial charge in [0, 0.05) is 12.4 Å². The predicted octanol–water partition coefficient (Wildman–Crippen LogP) is 2.73. The fourth-order valence-corrected chi connectivity index (χ4v) is 2.23. The van der Waals surface area contributed by atoms with Crippen LogP contribution in [0.4, 0.5) is 0 Å². The first-order valence-electron chi connectivity index (χ1n) is 6.18. The zero-order valence-corrected chi connectivity index (χ0v) is 11.7. The van der Waals surface area contributed by atoms with Crippen molar-refractivity contribution < 1.29 is 9.53 Å². The van der Waals surface area contributed by atoms with Gasteiger partial charge in [0.1, 0.15) is 0 Å². The minimum Gasteiger partial charge on any atom is -0.462 e. The van der Waals surface area contributed by atoms with Gasteiger partial charge in [-0.3, -0.25) is 4.98 Å². The minimum atomic E-state index is -0.359. The summed E-state index contributed by atoms with van der Waals surface area (Å²) in [6.45, 7) is 4.17. The fourth-order valence-electron chi connectivity index (χ4n) is 1.67. The molecule has 0 aliphatic heterocycles. The quantitative estimate of drug-likeness (QED) is 0.786. The Labute approximate surface area is 115 Å². The monoisotopic (exact) mass is 277 g/mol. The summed E-state index contributed by atoms with van der Waals surface area (Å²) in [7, 11) is 0. The largest absolute Gasteiger partial charge is 0.462 e. The minimum absolute atomic E-state index is 0.348. The molecule has 0 aliphatic carbocycles. The number of carbonyl (C=O) groups is 1. The maximum absolute atomic E-state index is 11.8. The third-order valence-corrected chi connectivity index (χ3v) is 3.27. The van der Waals surface area contributed by atoms with E-state index in [1.807, 2.05) is 6.92 Å². The van der Waals surface area contributed by atoms with Gasteiger partial charge in [-0.15, -0.1) is 11.3 Å². The Kier molecular flexibility index (Phi) is 4.57. The molecule has 0 saturated heterocycles. The molecule has 6 heteroatoms. The number of hydrogen-bond acceptors (Lipinski definition) is 6. The van der Waals surface area contributed by atoms with Gasteiger partial charge in [0.15, 0.2) is 5.82 Å². The number of carbonyl (C=O) groups excluding carboxylic acids is 1. The summed E-state index contributed by atoms with van der Waals surface area (Å²) < 4.78 is 5.02. The van der Waals surface area contributed by atoms with Crippen LogP contribution in [0.5, 0.6) is 0 Å². The van der Waals surface area contributed by atoms with Gasteiger partial charge >= 0.3 is 5.97 Å². The van der Waals surface area contributed by atoms with Crippen molar-refractivity contribution in [3.05, 3.63) is 29.2 Å². The highest BCUT2D eigenvalue weighted by Crippen LogP contribution is 2.21. The number of hydrogen-bond donors (Lipinski definition) is 0. The molecule has 2 rings (SSSR count). The molecule has 0 atom stereocenters. The molecule has 0 bridgehead atoms. The van der Waals surface area contributed by atoms with Crippen molar-refractivity contribution in [2.24, 2.45) is 0 Å². The van der Waals surface area contributed by atoms with E-state index in [0.717, 1.165) is 23.4 Å². The first-order valence-corrected chi connectivity index (χ1v) is 7.06. The molecule has 5 nitrogen and oxygen atoms in total. The zero-order valence-electron chi connectivity index (χ0n) is 10.9. The summed E-state index contributed by atoms with van der Waals surface area (Å²) in [5, 5.41) is 0. The van der Waals surface area contributed by atoms with Crippen molar-refractivity contribution in [2.45, 2.75) is 26.7 Å². The Morgan fingerprint density at radius 1 is 1.37 bits per heavy atom. The number of aromatic nitrogens is 3. The van der Waals surface area contributed by atoms with Crippen LogP contribution in [0, 0.1) is 0 Å². The van der Waals surface area contributed by atoms with Crippen LogP contribution >= 0.6 is 11.3 Å². The van der Waals surface area contributed by atoms with Gasteiger partial charge in [0.2, 0.25) is 0 Å². The van der Waals surface area contributed by atoms with Crippen molar-refractivity contribution in [3.63, 3.8) is 0 Å². The summed E-state index contributed by atoms with van der Waals surface area (Å²) in [6, 6.07) is 0. The summed E-state index contributed by atoms with van der Waals surface area (Å²) in [4.78, 5) is 25.4. The fraction of sp³-hybridized carbons (Fsp3) is 0.385. The second-order valence-corrected chi connectivity index (χ2v) is 4.78. The lowest BCUT2D eigenvalue weighted by Gasteiger charge is -2.08. The summed E-state index contributed by atoms with van der Waals surface area (Å²) >= 11 is 1.48. The van der Waals surface area contributed by atoms with Gasteiger partial charge < -0.3 is 4.74 Å². The van der Waals surface area contributed by atoms with Crippen LogP contribution in [-0.2, 0) is 11.2 Å². The SMILES string of the molecule is CCCc1nc(-c2cncs2)ncc1C(=O)OCC. The molecule has 0 unspecified atom stereocenters. The number of ether oxygens (including phenoxy) is 1. The molecule has 0 aliphatic rings. The van der Waals surface area contributed by atoms with Crippen LogP contribution in [0.2, 0.25) is 0 Å². The van der Waals surface area contributed by atoms with Gasteiger partial charge in [0.25, 0.3) is 0 Å². The summed E-state index contributed by atoms with van der Waals surface area (Å²) in [5.41, 5.74) is 2.92. The molecule has 2 heterocycles. The number of esters is 1. The average molecular weight is 277 g/mol. The van der Waals surface area contributed by atoms with E-state index in [9.17, 15) is 4.79 Å². The number of aryl methyl sites for hydroxylation is 1. The highest BCUT2D eigenvalue weighted by Gasteiger charge is 2.16. The maximum Gasteiger partial charge on any atom is 0.341 e. The van der Waals surface area contributed by atoms with Crippen LogP contribution in [0.25, 0.3) is 10.7 Å². The Balaban J connectivity index is 2.37. The van der Waals surface area contributed by atoms with Gasteiger partial charge in [-0.1, -0.05) is 13.3 Å².